The summed E-state index contributed by atoms with van der Waals surface area (Å²) in [5.41, 5.74) is 0.892. The minimum absolute atomic E-state index is 0.0325. The van der Waals surface area contributed by atoms with E-state index in [1.54, 1.807) is 0 Å². The van der Waals surface area contributed by atoms with Crippen LogP contribution in [-0.2, 0) is 0 Å². The molecule has 1 atom stereocenters. The smallest absolute Gasteiger partial charge is 0.254 e. The topological polar surface area (TPSA) is 62.2 Å². The van der Waals surface area contributed by atoms with Crippen molar-refractivity contribution in [2.24, 2.45) is 0 Å². The van der Waals surface area contributed by atoms with Crippen molar-refractivity contribution in [2.75, 3.05) is 6.61 Å². The molecule has 2 rings (SSSR count). The van der Waals surface area contributed by atoms with Crippen molar-refractivity contribution in [3.05, 3.63) is 65.7 Å². The molecule has 1 aromatic heterocycles. The number of aliphatic hydroxyl groups excluding tert-OH is 1. The third-order valence-electron chi connectivity index (χ3n) is 3.18. The third kappa shape index (κ3) is 4.10. The van der Waals surface area contributed by atoms with E-state index in [0.717, 1.165) is 11.8 Å². The zero-order valence-corrected chi connectivity index (χ0v) is 11.5. The highest BCUT2D eigenvalue weighted by atomic mass is 19.1. The predicted molar refractivity (Wildman–Crippen MR) is 77.2 cm³/mol. The van der Waals surface area contributed by atoms with Gasteiger partial charge in [0.15, 0.2) is 5.82 Å². The van der Waals surface area contributed by atoms with Crippen molar-refractivity contribution in [1.29, 1.82) is 0 Å². The average molecular weight is 288 g/mol. The van der Waals surface area contributed by atoms with Gasteiger partial charge >= 0.3 is 0 Å². The molecule has 2 aromatic rings. The van der Waals surface area contributed by atoms with Crippen LogP contribution in [-0.4, -0.2) is 22.6 Å². The number of carbonyl (C=O) groups is 1. The summed E-state index contributed by atoms with van der Waals surface area (Å²) in [5.74, 6) is -1.13. The highest BCUT2D eigenvalue weighted by molar-refractivity contribution is 5.94. The van der Waals surface area contributed by atoms with Crippen LogP contribution in [0, 0.1) is 5.82 Å². The number of benzene rings is 1. The fourth-order valence-electron chi connectivity index (χ4n) is 2.10. The van der Waals surface area contributed by atoms with E-state index in [1.165, 1.54) is 12.3 Å². The van der Waals surface area contributed by atoms with Gasteiger partial charge in [-0.3, -0.25) is 9.78 Å². The van der Waals surface area contributed by atoms with Gasteiger partial charge in [0.2, 0.25) is 0 Å². The summed E-state index contributed by atoms with van der Waals surface area (Å²) in [6.45, 7) is 0.0445. The number of nitrogens with zero attached hydrogens (tertiary/aromatic N) is 1. The Balaban J connectivity index is 2.15. The van der Waals surface area contributed by atoms with Gasteiger partial charge in [-0.15, -0.1) is 0 Å². The Morgan fingerprint density at radius 2 is 2.05 bits per heavy atom. The zero-order chi connectivity index (χ0) is 15.1. The first-order valence-corrected chi connectivity index (χ1v) is 6.78. The highest BCUT2D eigenvalue weighted by Gasteiger charge is 2.17. The molecule has 21 heavy (non-hydrogen) atoms. The van der Waals surface area contributed by atoms with Crippen LogP contribution in [0.4, 0.5) is 4.39 Å². The molecule has 1 unspecified atom stereocenters. The lowest BCUT2D eigenvalue weighted by atomic mass is 10.0. The molecule has 0 saturated heterocycles. The Morgan fingerprint density at radius 1 is 1.29 bits per heavy atom. The van der Waals surface area contributed by atoms with Crippen LogP contribution in [0.25, 0.3) is 0 Å². The number of amides is 1. The average Bonchev–Trinajstić information content (AvgIpc) is 2.52. The Labute approximate surface area is 122 Å². The number of pyridine rings is 1. The number of aliphatic hydroxyl groups is 1. The molecule has 4 nitrogen and oxygen atoms in total. The summed E-state index contributed by atoms with van der Waals surface area (Å²) in [5, 5.41) is 11.8. The summed E-state index contributed by atoms with van der Waals surface area (Å²) in [4.78, 5) is 15.8. The Morgan fingerprint density at radius 3 is 2.71 bits per heavy atom. The monoisotopic (exact) mass is 288 g/mol. The van der Waals surface area contributed by atoms with Crippen molar-refractivity contribution < 1.29 is 14.3 Å². The maximum Gasteiger partial charge on any atom is 0.254 e. The number of hydrogen-bond acceptors (Lipinski definition) is 3. The van der Waals surface area contributed by atoms with Gasteiger partial charge in [-0.1, -0.05) is 30.3 Å². The maximum absolute atomic E-state index is 13.6. The minimum atomic E-state index is -0.649. The first-order valence-electron chi connectivity index (χ1n) is 6.78. The van der Waals surface area contributed by atoms with Gasteiger partial charge in [-0.2, -0.15) is 0 Å². The van der Waals surface area contributed by atoms with Gasteiger partial charge < -0.3 is 10.4 Å². The van der Waals surface area contributed by atoms with Crippen LogP contribution in [0.15, 0.2) is 48.8 Å². The molecule has 2 N–H and O–H groups in total. The fraction of sp³-hybridized carbons (Fsp3) is 0.250. The first kappa shape index (κ1) is 15.1. The first-order chi connectivity index (χ1) is 10.2. The van der Waals surface area contributed by atoms with E-state index >= 15 is 0 Å². The molecule has 0 spiro atoms. The zero-order valence-electron chi connectivity index (χ0n) is 11.5. The van der Waals surface area contributed by atoms with Gasteiger partial charge in [-0.25, -0.2) is 4.39 Å². The maximum atomic E-state index is 13.6. The summed E-state index contributed by atoms with van der Waals surface area (Å²) in [6, 6.07) is 10.5. The summed E-state index contributed by atoms with van der Waals surface area (Å²) in [7, 11) is 0. The van der Waals surface area contributed by atoms with E-state index in [9.17, 15) is 9.18 Å². The highest BCUT2D eigenvalue weighted by Crippen LogP contribution is 2.19. The second-order valence-electron chi connectivity index (χ2n) is 4.66. The number of hydrogen-bond donors (Lipinski definition) is 2. The normalized spacial score (nSPS) is 11.9. The van der Waals surface area contributed by atoms with E-state index in [-0.39, 0.29) is 18.2 Å². The van der Waals surface area contributed by atoms with E-state index in [4.69, 9.17) is 5.11 Å². The molecular weight excluding hydrogens is 271 g/mol. The molecule has 0 aliphatic rings. The number of aromatic nitrogens is 1. The number of rotatable bonds is 6. The molecule has 0 radical (unpaired) electrons. The minimum Gasteiger partial charge on any atom is -0.396 e. The molecule has 110 valence electrons. The van der Waals surface area contributed by atoms with Crippen LogP contribution in [0.1, 0.15) is 34.8 Å². The lowest BCUT2D eigenvalue weighted by molar-refractivity contribution is 0.0928. The predicted octanol–water partition coefficient (Wildman–Crippen LogP) is 2.46. The molecule has 0 bridgehead atoms. The Bertz CT molecular complexity index is 590. The van der Waals surface area contributed by atoms with Gasteiger partial charge in [0.25, 0.3) is 5.91 Å². The number of carbonyl (C=O) groups excluding carboxylic acids is 1. The molecule has 1 heterocycles. The van der Waals surface area contributed by atoms with Crippen molar-refractivity contribution in [3.63, 3.8) is 0 Å². The van der Waals surface area contributed by atoms with Crippen LogP contribution in [0.5, 0.6) is 0 Å². The van der Waals surface area contributed by atoms with Gasteiger partial charge in [0.1, 0.15) is 0 Å². The molecule has 0 saturated carbocycles. The molecule has 0 aliphatic carbocycles. The van der Waals surface area contributed by atoms with E-state index < -0.39 is 11.7 Å². The summed E-state index contributed by atoms with van der Waals surface area (Å²) < 4.78 is 13.6. The second kappa shape index (κ2) is 7.50. The lowest BCUT2D eigenvalue weighted by Crippen LogP contribution is -2.29. The molecule has 0 fully saturated rings. The molecular formula is C16H17FN2O2. The summed E-state index contributed by atoms with van der Waals surface area (Å²) >= 11 is 0. The molecule has 5 heteroatoms. The number of nitrogens with one attached hydrogen (secondary N) is 1. The Hall–Kier alpha value is -2.27. The van der Waals surface area contributed by atoms with Crippen molar-refractivity contribution in [2.45, 2.75) is 18.9 Å². The van der Waals surface area contributed by atoms with Crippen molar-refractivity contribution in [1.82, 2.24) is 10.3 Å². The van der Waals surface area contributed by atoms with E-state index in [1.807, 2.05) is 30.3 Å². The van der Waals surface area contributed by atoms with Gasteiger partial charge in [-0.05, 0) is 24.5 Å². The standard InChI is InChI=1S/C16H17FN2O2/c17-14-11-18-9-8-13(14)16(21)19-15(7-4-10-20)12-5-2-1-3-6-12/h1-3,5-6,8-9,11,15,20H,4,7,10H2,(H,19,21). The van der Waals surface area contributed by atoms with E-state index in [2.05, 4.69) is 10.3 Å². The van der Waals surface area contributed by atoms with Gasteiger partial charge in [0, 0.05) is 12.8 Å². The molecule has 1 aromatic carbocycles. The quantitative estimate of drug-likeness (QED) is 0.858. The summed E-state index contributed by atoms with van der Waals surface area (Å²) in [6.07, 6.45) is 3.53. The second-order valence-corrected chi connectivity index (χ2v) is 4.66. The lowest BCUT2D eigenvalue weighted by Gasteiger charge is -2.19. The molecule has 1 amide bonds. The van der Waals surface area contributed by atoms with Crippen molar-refractivity contribution >= 4 is 5.91 Å². The van der Waals surface area contributed by atoms with E-state index in [0.29, 0.717) is 12.8 Å². The van der Waals surface area contributed by atoms with Crippen LogP contribution in [0.2, 0.25) is 0 Å². The number of halogens is 1. The van der Waals surface area contributed by atoms with Crippen LogP contribution in [0.3, 0.4) is 0 Å². The largest absolute Gasteiger partial charge is 0.396 e. The molecule has 0 aliphatic heterocycles. The van der Waals surface area contributed by atoms with Crippen molar-refractivity contribution in [3.8, 4) is 0 Å². The van der Waals surface area contributed by atoms with Crippen LogP contribution < -0.4 is 5.32 Å². The fourth-order valence-corrected chi connectivity index (χ4v) is 2.10. The van der Waals surface area contributed by atoms with Crippen LogP contribution >= 0.6 is 0 Å². The third-order valence-corrected chi connectivity index (χ3v) is 3.18. The SMILES string of the molecule is O=C(NC(CCCO)c1ccccc1)c1ccncc1F. The van der Waals surface area contributed by atoms with Gasteiger partial charge in [0.05, 0.1) is 17.8 Å². The Kier molecular flexibility index (Phi) is 5.40.